The number of nitro groups is 1. The van der Waals surface area contributed by atoms with Gasteiger partial charge in [-0.3, -0.25) is 19.7 Å². The maximum atomic E-state index is 11.6. The summed E-state index contributed by atoms with van der Waals surface area (Å²) < 4.78 is 10.8. The zero-order valence-corrected chi connectivity index (χ0v) is 13.5. The Balaban J connectivity index is 0.00000149. The Morgan fingerprint density at radius 3 is 2.04 bits per heavy atom. The molecule has 0 aromatic heterocycles. The van der Waals surface area contributed by atoms with Crippen LogP contribution in [0.5, 0.6) is 5.75 Å². The van der Waals surface area contributed by atoms with E-state index in [9.17, 15) is 14.9 Å². The van der Waals surface area contributed by atoms with Crippen LogP contribution in [0.3, 0.4) is 0 Å². The van der Waals surface area contributed by atoms with E-state index < -0.39 is 11.2 Å². The number of rotatable bonds is 6. The van der Waals surface area contributed by atoms with E-state index in [1.807, 2.05) is 13.8 Å². The first-order valence-corrected chi connectivity index (χ1v) is 6.92. The van der Waals surface area contributed by atoms with Crippen LogP contribution in [-0.2, 0) is 14.3 Å². The standard InChI is InChI=1S/C14H19NO5.CH2O2/c1-9(2)13(16)20-14(10(3)4)19-12-7-5-11(6-8-12)15(17)18;2-1-3/h5-10,14H,1-4H3;1H,(H,2,3). The Morgan fingerprint density at radius 1 is 1.22 bits per heavy atom. The van der Waals surface area contributed by atoms with E-state index in [1.54, 1.807) is 13.8 Å². The van der Waals surface area contributed by atoms with E-state index in [1.165, 1.54) is 24.3 Å². The lowest BCUT2D eigenvalue weighted by molar-refractivity contribution is -0.384. The SMILES string of the molecule is CC(C)C(=O)OC(Oc1ccc([N+](=O)[O-])cc1)C(C)C.O=CO. The zero-order valence-electron chi connectivity index (χ0n) is 13.5. The van der Waals surface area contributed by atoms with Crippen molar-refractivity contribution in [3.8, 4) is 5.75 Å². The number of nitrogens with zero attached hydrogens (tertiary/aromatic N) is 1. The molecule has 23 heavy (non-hydrogen) atoms. The molecule has 0 fully saturated rings. The molecule has 8 heteroatoms. The smallest absolute Gasteiger partial charge is 0.311 e. The van der Waals surface area contributed by atoms with Gasteiger partial charge in [-0.25, -0.2) is 0 Å². The van der Waals surface area contributed by atoms with Crippen molar-refractivity contribution < 1.29 is 29.1 Å². The Hall–Kier alpha value is -2.64. The third kappa shape index (κ3) is 7.79. The Bertz CT molecular complexity index is 511. The maximum absolute atomic E-state index is 11.6. The van der Waals surface area contributed by atoms with Crippen molar-refractivity contribution in [3.63, 3.8) is 0 Å². The number of esters is 1. The molecule has 8 nitrogen and oxygen atoms in total. The van der Waals surface area contributed by atoms with E-state index in [-0.39, 0.29) is 30.0 Å². The lowest BCUT2D eigenvalue weighted by atomic mass is 10.2. The molecule has 0 aliphatic rings. The molecule has 128 valence electrons. The van der Waals surface area contributed by atoms with E-state index in [0.717, 1.165) is 0 Å². The summed E-state index contributed by atoms with van der Waals surface area (Å²) in [6.45, 7) is 6.96. The quantitative estimate of drug-likeness (QED) is 0.281. The van der Waals surface area contributed by atoms with Gasteiger partial charge in [-0.05, 0) is 12.1 Å². The minimum atomic E-state index is -0.716. The van der Waals surface area contributed by atoms with Gasteiger partial charge in [0.1, 0.15) is 5.75 Å². The van der Waals surface area contributed by atoms with Gasteiger partial charge in [0.15, 0.2) is 0 Å². The normalized spacial score (nSPS) is 11.2. The summed E-state index contributed by atoms with van der Waals surface area (Å²) in [6, 6.07) is 5.65. The predicted octanol–water partition coefficient (Wildman–Crippen LogP) is 2.86. The monoisotopic (exact) mass is 327 g/mol. The lowest BCUT2D eigenvalue weighted by Crippen LogP contribution is -2.31. The second-order valence-electron chi connectivity index (χ2n) is 5.18. The highest BCUT2D eigenvalue weighted by atomic mass is 16.7. The number of hydrogen-bond donors (Lipinski definition) is 1. The van der Waals surface area contributed by atoms with E-state index in [2.05, 4.69) is 0 Å². The fraction of sp³-hybridized carbons (Fsp3) is 0.467. The highest BCUT2D eigenvalue weighted by molar-refractivity contribution is 5.71. The molecule has 0 aliphatic heterocycles. The fourth-order valence-corrected chi connectivity index (χ4v) is 1.33. The van der Waals surface area contributed by atoms with Crippen LogP contribution in [0.4, 0.5) is 5.69 Å². The minimum Gasteiger partial charge on any atom is -0.483 e. The average Bonchev–Trinajstić information content (AvgIpc) is 2.47. The van der Waals surface area contributed by atoms with Crippen LogP contribution in [0, 0.1) is 22.0 Å². The number of non-ortho nitro benzene ring substituents is 1. The van der Waals surface area contributed by atoms with E-state index >= 15 is 0 Å². The van der Waals surface area contributed by atoms with Crippen molar-refractivity contribution in [2.45, 2.75) is 34.0 Å². The second-order valence-corrected chi connectivity index (χ2v) is 5.18. The van der Waals surface area contributed by atoms with E-state index in [0.29, 0.717) is 5.75 Å². The van der Waals surface area contributed by atoms with Gasteiger partial charge in [0.25, 0.3) is 12.2 Å². The van der Waals surface area contributed by atoms with E-state index in [4.69, 9.17) is 19.4 Å². The predicted molar refractivity (Wildman–Crippen MR) is 82.0 cm³/mol. The number of ether oxygens (including phenoxy) is 2. The second kappa shape index (κ2) is 10.1. The molecule has 1 unspecified atom stereocenters. The van der Waals surface area contributed by atoms with Crippen LogP contribution in [0.25, 0.3) is 0 Å². The number of carboxylic acid groups (broad SMARTS) is 1. The number of carbonyl (C=O) groups excluding carboxylic acids is 1. The maximum Gasteiger partial charge on any atom is 0.311 e. The zero-order chi connectivity index (χ0) is 18.0. The van der Waals surface area contributed by atoms with Crippen molar-refractivity contribution in [1.82, 2.24) is 0 Å². The third-order valence-electron chi connectivity index (χ3n) is 2.55. The molecular formula is C15H21NO7. The molecule has 1 rings (SSSR count). The summed E-state index contributed by atoms with van der Waals surface area (Å²) in [5.41, 5.74) is -0.0161. The van der Waals surface area contributed by atoms with Crippen LogP contribution in [-0.4, -0.2) is 28.8 Å². The molecule has 1 atom stereocenters. The molecule has 0 bridgehead atoms. The number of carbonyl (C=O) groups is 2. The molecule has 0 aliphatic carbocycles. The van der Waals surface area contributed by atoms with Gasteiger partial charge >= 0.3 is 5.97 Å². The first kappa shape index (κ1) is 20.4. The molecule has 0 radical (unpaired) electrons. The molecule has 0 spiro atoms. The Morgan fingerprint density at radius 2 is 1.70 bits per heavy atom. The molecule has 1 aromatic rings. The van der Waals surface area contributed by atoms with Crippen molar-refractivity contribution in [2.75, 3.05) is 0 Å². The molecule has 0 saturated carbocycles. The fourth-order valence-electron chi connectivity index (χ4n) is 1.33. The average molecular weight is 327 g/mol. The van der Waals surface area contributed by atoms with Crippen LogP contribution < -0.4 is 4.74 Å². The van der Waals surface area contributed by atoms with Gasteiger partial charge in [-0.1, -0.05) is 27.7 Å². The summed E-state index contributed by atoms with van der Waals surface area (Å²) in [6.07, 6.45) is -0.716. The highest BCUT2D eigenvalue weighted by Crippen LogP contribution is 2.21. The molecular weight excluding hydrogens is 306 g/mol. The van der Waals surface area contributed by atoms with Crippen molar-refractivity contribution >= 4 is 18.1 Å². The molecule has 1 aromatic carbocycles. The molecule has 0 heterocycles. The summed E-state index contributed by atoms with van der Waals surface area (Å²) in [7, 11) is 0. The molecule has 1 N–H and O–H groups in total. The highest BCUT2D eigenvalue weighted by Gasteiger charge is 2.22. The summed E-state index contributed by atoms with van der Waals surface area (Å²) in [5, 5.41) is 17.4. The first-order chi connectivity index (χ1) is 10.7. The summed E-state index contributed by atoms with van der Waals surface area (Å²) >= 11 is 0. The third-order valence-corrected chi connectivity index (χ3v) is 2.55. The lowest BCUT2D eigenvalue weighted by Gasteiger charge is -2.23. The first-order valence-electron chi connectivity index (χ1n) is 6.92. The van der Waals surface area contributed by atoms with Crippen LogP contribution in [0.2, 0.25) is 0 Å². The van der Waals surface area contributed by atoms with Gasteiger partial charge in [0, 0.05) is 18.1 Å². The minimum absolute atomic E-state index is 0.0161. The number of nitro benzene ring substituents is 1. The summed E-state index contributed by atoms with van der Waals surface area (Å²) in [4.78, 5) is 30.0. The van der Waals surface area contributed by atoms with Crippen molar-refractivity contribution in [2.24, 2.45) is 11.8 Å². The summed E-state index contributed by atoms with van der Waals surface area (Å²) in [5.74, 6) is -0.193. The van der Waals surface area contributed by atoms with Crippen LogP contribution >= 0.6 is 0 Å². The Labute approximate surface area is 134 Å². The van der Waals surface area contributed by atoms with Gasteiger partial charge in [0.2, 0.25) is 6.29 Å². The van der Waals surface area contributed by atoms with Crippen molar-refractivity contribution in [1.29, 1.82) is 0 Å². The molecule has 0 amide bonds. The van der Waals surface area contributed by atoms with Gasteiger partial charge in [0.05, 0.1) is 10.8 Å². The largest absolute Gasteiger partial charge is 0.483 e. The topological polar surface area (TPSA) is 116 Å². The molecule has 0 saturated heterocycles. The van der Waals surface area contributed by atoms with Gasteiger partial charge in [-0.15, -0.1) is 0 Å². The van der Waals surface area contributed by atoms with Crippen LogP contribution in [0.15, 0.2) is 24.3 Å². The van der Waals surface area contributed by atoms with Gasteiger partial charge in [-0.2, -0.15) is 0 Å². The van der Waals surface area contributed by atoms with Crippen LogP contribution in [0.1, 0.15) is 27.7 Å². The Kier molecular flexibility index (Phi) is 8.98. The van der Waals surface area contributed by atoms with Gasteiger partial charge < -0.3 is 14.6 Å². The number of hydrogen-bond acceptors (Lipinski definition) is 6. The number of benzene rings is 1. The van der Waals surface area contributed by atoms with Crippen molar-refractivity contribution in [3.05, 3.63) is 34.4 Å².